The van der Waals surface area contributed by atoms with Gasteiger partial charge in [0.15, 0.2) is 0 Å². The van der Waals surface area contributed by atoms with Crippen LogP contribution in [0.5, 0.6) is 0 Å². The zero-order valence-corrected chi connectivity index (χ0v) is 11.9. The van der Waals surface area contributed by atoms with Crippen LogP contribution in [0.25, 0.3) is 0 Å². The van der Waals surface area contributed by atoms with Gasteiger partial charge in [-0.15, -0.1) is 0 Å². The molecule has 2 aliphatic rings. The first kappa shape index (κ1) is 13.9. The van der Waals surface area contributed by atoms with Crippen molar-refractivity contribution in [2.24, 2.45) is 5.41 Å². The van der Waals surface area contributed by atoms with Crippen molar-refractivity contribution >= 4 is 0 Å². The fourth-order valence-corrected chi connectivity index (χ4v) is 3.06. The van der Waals surface area contributed by atoms with E-state index in [-0.39, 0.29) is 0 Å². The predicted molar refractivity (Wildman–Crippen MR) is 77.7 cm³/mol. The maximum Gasteiger partial charge on any atom is 0.0903 e. The molecule has 18 heavy (non-hydrogen) atoms. The Bertz CT molecular complexity index is 288. The number of allylic oxidation sites excluding steroid dienone is 3. The molecule has 1 aliphatic heterocycles. The van der Waals surface area contributed by atoms with Crippen LogP contribution >= 0.6 is 0 Å². The average Bonchev–Trinajstić information content (AvgIpc) is 3.23. The highest BCUT2D eigenvalue weighted by Crippen LogP contribution is 2.44. The standard InChI is InChI=1S/C17H28O/c1-2-3-4-5-6-7-9-12-17(16-15-18-16)13-10-8-11-14-17/h8,10-11,13,16H,2-7,9,12,14-15H2,1H3. The van der Waals surface area contributed by atoms with Crippen molar-refractivity contribution in [3.63, 3.8) is 0 Å². The Balaban J connectivity index is 1.62. The smallest absolute Gasteiger partial charge is 0.0903 e. The molecule has 0 spiro atoms. The van der Waals surface area contributed by atoms with Crippen molar-refractivity contribution in [2.45, 2.75) is 70.8 Å². The summed E-state index contributed by atoms with van der Waals surface area (Å²) < 4.78 is 5.58. The van der Waals surface area contributed by atoms with E-state index >= 15 is 0 Å². The number of hydrogen-bond acceptors (Lipinski definition) is 1. The second-order valence-electron chi connectivity index (χ2n) is 5.92. The second-order valence-corrected chi connectivity index (χ2v) is 5.92. The highest BCUT2D eigenvalue weighted by molar-refractivity contribution is 5.20. The largest absolute Gasteiger partial charge is 0.372 e. The van der Waals surface area contributed by atoms with Crippen LogP contribution < -0.4 is 0 Å². The molecule has 1 nitrogen and oxygen atoms in total. The summed E-state index contributed by atoms with van der Waals surface area (Å²) in [6.07, 6.45) is 21.9. The lowest BCUT2D eigenvalue weighted by Gasteiger charge is -2.29. The van der Waals surface area contributed by atoms with Gasteiger partial charge in [-0.25, -0.2) is 0 Å². The maximum absolute atomic E-state index is 5.58. The lowest BCUT2D eigenvalue weighted by Crippen LogP contribution is -2.25. The molecule has 0 radical (unpaired) electrons. The van der Waals surface area contributed by atoms with Crippen LogP contribution in [0.4, 0.5) is 0 Å². The molecule has 2 rings (SSSR count). The average molecular weight is 248 g/mol. The summed E-state index contributed by atoms with van der Waals surface area (Å²) in [5.74, 6) is 0. The third-order valence-electron chi connectivity index (χ3n) is 4.39. The van der Waals surface area contributed by atoms with Crippen LogP contribution in [0, 0.1) is 5.41 Å². The van der Waals surface area contributed by atoms with Gasteiger partial charge in [0, 0.05) is 5.41 Å². The summed E-state index contributed by atoms with van der Waals surface area (Å²) in [6, 6.07) is 0. The van der Waals surface area contributed by atoms with Gasteiger partial charge in [0.05, 0.1) is 12.7 Å². The Morgan fingerprint density at radius 1 is 1.06 bits per heavy atom. The molecule has 2 unspecified atom stereocenters. The van der Waals surface area contributed by atoms with E-state index < -0.39 is 0 Å². The van der Waals surface area contributed by atoms with Crippen molar-refractivity contribution in [3.8, 4) is 0 Å². The molecule has 1 fully saturated rings. The lowest BCUT2D eigenvalue weighted by atomic mass is 9.74. The number of ether oxygens (including phenoxy) is 1. The fourth-order valence-electron chi connectivity index (χ4n) is 3.06. The summed E-state index contributed by atoms with van der Waals surface area (Å²) in [6.45, 7) is 3.26. The first-order valence-corrected chi connectivity index (χ1v) is 7.83. The van der Waals surface area contributed by atoms with Gasteiger partial charge < -0.3 is 4.74 Å². The number of hydrogen-bond donors (Lipinski definition) is 0. The molecule has 2 atom stereocenters. The lowest BCUT2D eigenvalue weighted by molar-refractivity contribution is 0.232. The van der Waals surface area contributed by atoms with Crippen molar-refractivity contribution in [1.29, 1.82) is 0 Å². The fraction of sp³-hybridized carbons (Fsp3) is 0.765. The minimum atomic E-state index is 0.345. The Morgan fingerprint density at radius 2 is 1.78 bits per heavy atom. The Kier molecular flexibility index (Phi) is 5.49. The summed E-state index contributed by atoms with van der Waals surface area (Å²) in [5, 5.41) is 0. The summed E-state index contributed by atoms with van der Waals surface area (Å²) in [7, 11) is 0. The summed E-state index contributed by atoms with van der Waals surface area (Å²) in [4.78, 5) is 0. The van der Waals surface area contributed by atoms with Crippen molar-refractivity contribution in [3.05, 3.63) is 24.3 Å². The van der Waals surface area contributed by atoms with Crippen molar-refractivity contribution in [1.82, 2.24) is 0 Å². The van der Waals surface area contributed by atoms with Gasteiger partial charge in [-0.1, -0.05) is 76.2 Å². The van der Waals surface area contributed by atoms with E-state index in [1.807, 2.05) is 0 Å². The molecule has 0 aromatic carbocycles. The molecule has 1 aliphatic carbocycles. The normalized spacial score (nSPS) is 29.7. The van der Waals surface area contributed by atoms with Gasteiger partial charge in [0.1, 0.15) is 0 Å². The predicted octanol–water partition coefficient (Wildman–Crippen LogP) is 5.03. The number of epoxide rings is 1. The Hall–Kier alpha value is -0.560. The zero-order valence-electron chi connectivity index (χ0n) is 11.9. The summed E-state index contributed by atoms with van der Waals surface area (Å²) in [5.41, 5.74) is 0.345. The van der Waals surface area contributed by atoms with Crippen LogP contribution in [0.2, 0.25) is 0 Å². The van der Waals surface area contributed by atoms with Crippen LogP contribution in [-0.4, -0.2) is 12.7 Å². The Morgan fingerprint density at radius 3 is 2.39 bits per heavy atom. The minimum absolute atomic E-state index is 0.345. The van der Waals surface area contributed by atoms with Gasteiger partial charge in [-0.3, -0.25) is 0 Å². The third-order valence-corrected chi connectivity index (χ3v) is 4.39. The molecule has 0 N–H and O–H groups in total. The molecule has 1 heteroatoms. The molecular formula is C17H28O. The van der Waals surface area contributed by atoms with Gasteiger partial charge in [-0.05, 0) is 12.8 Å². The minimum Gasteiger partial charge on any atom is -0.372 e. The molecular weight excluding hydrogens is 220 g/mol. The van der Waals surface area contributed by atoms with E-state index in [4.69, 9.17) is 4.74 Å². The number of rotatable bonds is 9. The highest BCUT2D eigenvalue weighted by atomic mass is 16.6. The Labute approximate surface area is 112 Å². The molecule has 1 saturated heterocycles. The summed E-state index contributed by atoms with van der Waals surface area (Å²) >= 11 is 0. The first-order valence-electron chi connectivity index (χ1n) is 7.83. The molecule has 102 valence electrons. The SMILES string of the molecule is CCCCCCCCCC1(C2CO2)C=CC=CC1. The topological polar surface area (TPSA) is 12.5 Å². The van der Waals surface area contributed by atoms with Crippen LogP contribution in [0.3, 0.4) is 0 Å². The van der Waals surface area contributed by atoms with Crippen molar-refractivity contribution < 1.29 is 4.74 Å². The van der Waals surface area contributed by atoms with Crippen LogP contribution in [0.1, 0.15) is 64.7 Å². The molecule has 0 bridgehead atoms. The second kappa shape index (κ2) is 7.13. The van der Waals surface area contributed by atoms with E-state index in [0.717, 1.165) is 6.61 Å². The first-order chi connectivity index (χ1) is 8.87. The van der Waals surface area contributed by atoms with Gasteiger partial charge in [0.2, 0.25) is 0 Å². The van der Waals surface area contributed by atoms with Gasteiger partial charge in [-0.2, -0.15) is 0 Å². The molecule has 0 amide bonds. The molecule has 0 saturated carbocycles. The van der Waals surface area contributed by atoms with E-state index in [9.17, 15) is 0 Å². The van der Waals surface area contributed by atoms with Gasteiger partial charge >= 0.3 is 0 Å². The molecule has 0 aromatic heterocycles. The van der Waals surface area contributed by atoms with Crippen LogP contribution in [-0.2, 0) is 4.74 Å². The van der Waals surface area contributed by atoms with E-state index in [1.165, 1.54) is 57.8 Å². The van der Waals surface area contributed by atoms with Gasteiger partial charge in [0.25, 0.3) is 0 Å². The maximum atomic E-state index is 5.58. The van der Waals surface area contributed by atoms with Crippen molar-refractivity contribution in [2.75, 3.05) is 6.61 Å². The quantitative estimate of drug-likeness (QED) is 0.412. The van der Waals surface area contributed by atoms with E-state index in [1.54, 1.807) is 0 Å². The monoisotopic (exact) mass is 248 g/mol. The highest BCUT2D eigenvalue weighted by Gasteiger charge is 2.44. The van der Waals surface area contributed by atoms with Crippen LogP contribution in [0.15, 0.2) is 24.3 Å². The van der Waals surface area contributed by atoms with E-state index in [2.05, 4.69) is 31.2 Å². The molecule has 0 aromatic rings. The molecule has 1 heterocycles. The zero-order chi connectivity index (χ0) is 12.7. The van der Waals surface area contributed by atoms with E-state index in [0.29, 0.717) is 11.5 Å². The number of unbranched alkanes of at least 4 members (excludes halogenated alkanes) is 6. The third kappa shape index (κ3) is 3.98.